The molecular formula is C83H106N18O12S4. The minimum absolute atomic E-state index is 0. The maximum absolute atomic E-state index is 12.6. The average molecular weight is 1680 g/mol. The number of piperidine rings is 1. The minimum Gasteiger partial charge on any atom is -0.343 e. The number of hydrogen-bond acceptors (Lipinski definition) is 22. The SMILES string of the molecule is CC(C)S(=O)(=O)c1ccc(-c2cnc3[nH]cc(NC(=O)C4=CN=CC4)c3n2)cc1.CC(C)S(=O)(=O)c1ccc(-c2cnc3[nH]cc(NC(=O)C4CCNCC4)c3n2)cc1.CC(C)S(=O)(=O)c1ccc(-c2cnc3[nH]cc(NC(=O)CC4CC4)c3n2)cc1.CC1=C(C(=O)Nc2c[nH]c3ncc(-c4ccc(S(=O)(=O)C(C)C)cc4)nc23)CC=C1.[HH].[HH].[HH].[HH].[HH].[HH].[HH].[HH].[HH]. The van der Waals surface area contributed by atoms with E-state index in [1.807, 2.05) is 19.1 Å². The molecule has 0 bridgehead atoms. The first-order valence-corrected chi connectivity index (χ1v) is 44.3. The van der Waals surface area contributed by atoms with Crippen LogP contribution in [-0.4, -0.2) is 157 Å². The van der Waals surface area contributed by atoms with Gasteiger partial charge in [0.1, 0.15) is 22.1 Å². The van der Waals surface area contributed by atoms with Crippen molar-refractivity contribution in [3.8, 4) is 45.0 Å². The highest BCUT2D eigenvalue weighted by Crippen LogP contribution is 2.35. The predicted octanol–water partition coefficient (Wildman–Crippen LogP) is 15.6. The third-order valence-corrected chi connectivity index (χ3v) is 28.9. The Balaban J connectivity index is 0.000000344. The number of fused-ring (bicyclic) bond motifs is 4. The van der Waals surface area contributed by atoms with Crippen LogP contribution in [0.1, 0.15) is 120 Å². The van der Waals surface area contributed by atoms with Gasteiger partial charge in [0.2, 0.25) is 11.8 Å². The number of hydrogen-bond donors (Lipinski definition) is 9. The fraction of sp³-hybridized carbons (Fsp3) is 0.289. The highest BCUT2D eigenvalue weighted by atomic mass is 32.2. The number of aromatic nitrogens is 12. The Morgan fingerprint density at radius 1 is 0.436 bits per heavy atom. The highest BCUT2D eigenvalue weighted by Gasteiger charge is 2.29. The van der Waals surface area contributed by atoms with Gasteiger partial charge in [0.25, 0.3) is 11.8 Å². The van der Waals surface area contributed by atoms with E-state index in [9.17, 15) is 52.8 Å². The Morgan fingerprint density at radius 3 is 1.08 bits per heavy atom. The zero-order chi connectivity index (χ0) is 83.3. The summed E-state index contributed by atoms with van der Waals surface area (Å²) in [5, 5.41) is 12.9. The van der Waals surface area contributed by atoms with Crippen molar-refractivity contribution in [3.05, 3.63) is 182 Å². The number of allylic oxidation sites excluding steroid dienone is 3. The van der Waals surface area contributed by atoms with Crippen LogP contribution < -0.4 is 26.6 Å². The van der Waals surface area contributed by atoms with Crippen LogP contribution in [0.5, 0.6) is 0 Å². The molecular weight excluding hydrogens is 1570 g/mol. The first kappa shape index (κ1) is 82.9. The van der Waals surface area contributed by atoms with Gasteiger partial charge in [-0.25, -0.2) is 73.5 Å². The van der Waals surface area contributed by atoms with Crippen molar-refractivity contribution in [3.63, 3.8) is 0 Å². The van der Waals surface area contributed by atoms with Gasteiger partial charge in [0.15, 0.2) is 61.9 Å². The van der Waals surface area contributed by atoms with E-state index >= 15 is 0 Å². The summed E-state index contributed by atoms with van der Waals surface area (Å²) in [6.45, 7) is 16.9. The molecule has 8 aromatic heterocycles. The zero-order valence-corrected chi connectivity index (χ0v) is 68.8. The van der Waals surface area contributed by atoms with Crippen LogP contribution in [0.2, 0.25) is 0 Å². The molecule has 10 heterocycles. The molecule has 12 aromatic rings. The summed E-state index contributed by atoms with van der Waals surface area (Å²) in [5.74, 6) is 0.0784. The molecule has 0 spiro atoms. The molecule has 2 fully saturated rings. The van der Waals surface area contributed by atoms with Crippen molar-refractivity contribution >= 4 is 137 Å². The van der Waals surface area contributed by atoms with E-state index < -0.39 is 60.3 Å². The lowest BCUT2D eigenvalue weighted by atomic mass is 9.97. The topological polar surface area (TPSA) is 444 Å². The molecule has 16 rings (SSSR count). The summed E-state index contributed by atoms with van der Waals surface area (Å²) in [6.07, 6.45) is 25.8. The lowest BCUT2D eigenvalue weighted by Crippen LogP contribution is -2.34. The molecule has 1 saturated carbocycles. The number of sulfone groups is 4. The number of nitrogens with one attached hydrogen (secondary N) is 9. The predicted molar refractivity (Wildman–Crippen MR) is 471 cm³/mol. The maximum Gasteiger partial charge on any atom is 0.253 e. The number of rotatable bonds is 21. The molecule has 117 heavy (non-hydrogen) atoms. The first-order valence-electron chi connectivity index (χ1n) is 38.1. The van der Waals surface area contributed by atoms with Gasteiger partial charge in [-0.2, -0.15) is 0 Å². The number of nitrogens with zero attached hydrogens (tertiary/aromatic N) is 9. The number of benzene rings is 4. The van der Waals surface area contributed by atoms with E-state index in [1.54, 1.807) is 208 Å². The van der Waals surface area contributed by atoms with E-state index in [0.717, 1.165) is 72.2 Å². The number of aliphatic imine (C=N–C) groups is 1. The molecule has 0 unspecified atom stereocenters. The minimum atomic E-state index is -3.33. The van der Waals surface area contributed by atoms with Crippen LogP contribution in [0.4, 0.5) is 22.7 Å². The van der Waals surface area contributed by atoms with Gasteiger partial charge in [-0.15, -0.1) is 0 Å². The van der Waals surface area contributed by atoms with Gasteiger partial charge < -0.3 is 46.5 Å². The van der Waals surface area contributed by atoms with Gasteiger partial charge in [-0.3, -0.25) is 24.2 Å². The summed E-state index contributed by atoms with van der Waals surface area (Å²) in [6, 6.07) is 26.4. The fourth-order valence-electron chi connectivity index (χ4n) is 12.7. The van der Waals surface area contributed by atoms with Crippen LogP contribution in [-0.2, 0) is 58.5 Å². The van der Waals surface area contributed by atoms with E-state index in [0.29, 0.717) is 121 Å². The summed E-state index contributed by atoms with van der Waals surface area (Å²) in [4.78, 5) is 103. The number of carbonyl (C=O) groups is 4. The largest absolute Gasteiger partial charge is 0.343 e. The van der Waals surface area contributed by atoms with E-state index in [-0.39, 0.29) is 62.0 Å². The second-order valence-corrected chi connectivity index (χ2v) is 39.7. The Hall–Kier alpha value is -12.1. The number of H-pyrrole nitrogens is 4. The summed E-state index contributed by atoms with van der Waals surface area (Å²) >= 11 is 0. The van der Waals surface area contributed by atoms with Crippen molar-refractivity contribution in [2.75, 3.05) is 34.4 Å². The Kier molecular flexibility index (Phi) is 24.6. The molecule has 0 atom stereocenters. The van der Waals surface area contributed by atoms with Crippen molar-refractivity contribution in [1.29, 1.82) is 0 Å². The number of anilines is 4. The van der Waals surface area contributed by atoms with Gasteiger partial charge in [-0.05, 0) is 168 Å². The molecule has 624 valence electrons. The zero-order valence-electron chi connectivity index (χ0n) is 65.6. The van der Waals surface area contributed by atoms with Gasteiger partial charge >= 0.3 is 0 Å². The Morgan fingerprint density at radius 2 is 0.769 bits per heavy atom. The smallest absolute Gasteiger partial charge is 0.253 e. The summed E-state index contributed by atoms with van der Waals surface area (Å²) in [5.41, 5.74) is 14.4. The molecule has 1 saturated heterocycles. The van der Waals surface area contributed by atoms with Crippen LogP contribution in [0.15, 0.2) is 206 Å². The Labute approximate surface area is 689 Å². The second kappa shape index (κ2) is 34.8. The molecule has 4 aromatic carbocycles. The molecule has 4 amide bonds. The molecule has 30 nitrogen and oxygen atoms in total. The van der Waals surface area contributed by atoms with Crippen molar-refractivity contribution in [1.82, 2.24) is 65.1 Å². The normalized spacial score (nSPS) is 14.5. The number of amides is 4. The van der Waals surface area contributed by atoms with Crippen LogP contribution in [0.3, 0.4) is 0 Å². The standard InChI is InChI=1S/C22H22N4O3S.C21H25N5O3S.C20H19N5O3S.C20H22N4O3S.9H2/c1-13(2)30(28,29)16-9-7-15(8-10-16)18-11-23-21-20(25-18)19(12-24-21)26-22(27)17-6-4-5-14(17)3;1-13(2)30(28,29)16-5-3-14(4-6-16)17-11-23-20-19(25-17)18(12-24-20)26-21(27)15-7-9-22-10-8-15;1-12(2)29(27,28)15-5-3-13(4-6-15)16-10-22-19-18(24-16)17(11-23-19)25-20(26)14-7-8-21-9-14;1-12(2)28(26,27)15-7-5-14(6-8-15)16-10-21-20-19(24-16)17(11-22-20)23-18(25)9-13-3-4-13;;;;;;;;;/h4-5,7-13H,6H2,1-3H3,(H,23,24)(H,26,27);3-6,11-13,15,22H,7-10H2,1-2H3,(H,23,24)(H,26,27);3-6,8-12H,7H2,1-2H3,(H,22,23)(H,25,26);5-8,10-13H,3-4,9H2,1-2H3,(H,21,22)(H,23,25);9*1H. The summed E-state index contributed by atoms with van der Waals surface area (Å²) in [7, 11) is -13.3. The quantitative estimate of drug-likeness (QED) is 0.0323. The van der Waals surface area contributed by atoms with E-state index in [1.165, 1.54) is 6.20 Å². The monoisotopic (exact) mass is 1670 g/mol. The van der Waals surface area contributed by atoms with Crippen molar-refractivity contribution in [2.45, 2.75) is 148 Å². The van der Waals surface area contributed by atoms with E-state index in [4.69, 9.17) is 0 Å². The molecule has 34 heteroatoms. The van der Waals surface area contributed by atoms with Crippen LogP contribution in [0.25, 0.3) is 89.7 Å². The van der Waals surface area contributed by atoms with Gasteiger partial charge in [0, 0.05) is 102 Å². The third-order valence-electron chi connectivity index (χ3n) is 20.2. The summed E-state index contributed by atoms with van der Waals surface area (Å²) < 4.78 is 98.4. The maximum atomic E-state index is 12.6. The fourth-order valence-corrected chi connectivity index (χ4v) is 17.0. The number of aromatic amines is 4. The van der Waals surface area contributed by atoms with E-state index in [2.05, 4.69) is 91.4 Å². The molecule has 2 aliphatic heterocycles. The second-order valence-electron chi connectivity index (χ2n) is 29.7. The van der Waals surface area contributed by atoms with Gasteiger partial charge in [0.05, 0.1) is 111 Å². The van der Waals surface area contributed by atoms with Crippen molar-refractivity contribution in [2.24, 2.45) is 16.8 Å². The lowest BCUT2D eigenvalue weighted by Gasteiger charge is -2.21. The van der Waals surface area contributed by atoms with Gasteiger partial charge in [-0.1, -0.05) is 60.7 Å². The average Bonchev–Trinajstić information content (AvgIpc) is 1.38. The molecule has 2 aliphatic carbocycles. The lowest BCUT2D eigenvalue weighted by molar-refractivity contribution is -0.120. The molecule has 0 radical (unpaired) electrons. The third kappa shape index (κ3) is 18.7. The molecule has 9 N–H and O–H groups in total. The first-order chi connectivity index (χ1) is 55.8. The number of carbonyl (C=O) groups excluding carboxylic acids is 4. The van der Waals surface area contributed by atoms with Crippen molar-refractivity contribution < 1.29 is 65.7 Å². The molecule has 4 aliphatic rings. The van der Waals surface area contributed by atoms with Crippen LogP contribution in [0, 0.1) is 11.8 Å². The highest BCUT2D eigenvalue weighted by molar-refractivity contribution is 7.92. The van der Waals surface area contributed by atoms with Crippen LogP contribution >= 0.6 is 0 Å². The Bertz CT molecular complexity index is 6450.